The van der Waals surface area contributed by atoms with Crippen LogP contribution >= 0.6 is 11.6 Å². The van der Waals surface area contributed by atoms with Gasteiger partial charge in [-0.15, -0.1) is 0 Å². The average Bonchev–Trinajstić information content (AvgIpc) is 2.78. The van der Waals surface area contributed by atoms with Crippen molar-refractivity contribution in [1.82, 2.24) is 0 Å². The molecule has 1 aromatic carbocycles. The van der Waals surface area contributed by atoms with Crippen molar-refractivity contribution >= 4 is 41.6 Å². The summed E-state index contributed by atoms with van der Waals surface area (Å²) in [5, 5.41) is 3.84. The second-order valence-corrected chi connectivity index (χ2v) is 3.99. The third-order valence-electron chi connectivity index (χ3n) is 2.39. The van der Waals surface area contributed by atoms with E-state index in [0.717, 1.165) is 5.69 Å². The van der Waals surface area contributed by atoms with Crippen LogP contribution in [0.3, 0.4) is 0 Å². The van der Waals surface area contributed by atoms with E-state index in [0.29, 0.717) is 16.7 Å². The fourth-order valence-electron chi connectivity index (χ4n) is 1.63. The molecule has 5 nitrogen and oxygen atoms in total. The Morgan fingerprint density at radius 3 is 3.00 bits per heavy atom. The molecule has 84 valence electrons. The van der Waals surface area contributed by atoms with Crippen molar-refractivity contribution in [3.05, 3.63) is 29.3 Å². The van der Waals surface area contributed by atoms with Crippen molar-refractivity contribution in [2.45, 2.75) is 6.04 Å². The van der Waals surface area contributed by atoms with E-state index >= 15 is 0 Å². The molecular formula is C11H8ClN5. The molecule has 0 fully saturated rings. The largest absolute Gasteiger partial charge is 0.341 e. The summed E-state index contributed by atoms with van der Waals surface area (Å²) in [5.41, 5.74) is 0.869. The van der Waals surface area contributed by atoms with Gasteiger partial charge in [0.05, 0.1) is 0 Å². The predicted molar refractivity (Wildman–Crippen MR) is 70.7 cm³/mol. The third-order valence-corrected chi connectivity index (χ3v) is 2.63. The molecule has 0 saturated carbocycles. The van der Waals surface area contributed by atoms with Gasteiger partial charge in [-0.3, -0.25) is 4.99 Å². The first kappa shape index (κ1) is 10.2. The first-order valence-corrected chi connectivity index (χ1v) is 5.43. The molecule has 2 aliphatic rings. The van der Waals surface area contributed by atoms with Crippen molar-refractivity contribution in [1.29, 1.82) is 0 Å². The lowest BCUT2D eigenvalue weighted by atomic mass is 10.2. The lowest BCUT2D eigenvalue weighted by molar-refractivity contribution is 1.13. The molecule has 3 rings (SSSR count). The molecule has 0 unspecified atom stereocenters. The van der Waals surface area contributed by atoms with Gasteiger partial charge in [-0.05, 0) is 18.2 Å². The average molecular weight is 246 g/mol. The standard InChI is InChI=1S/C11H8ClN5/c12-7-2-1-3-8(4-7)17-11-9-10(14-5-13-9)15-6-16-11/h1-6,9H,(H,13,14,15,16,17)/t9-/m1/s1. The van der Waals surface area contributed by atoms with Crippen LogP contribution in [0.4, 0.5) is 5.69 Å². The van der Waals surface area contributed by atoms with Gasteiger partial charge in [0, 0.05) is 10.7 Å². The van der Waals surface area contributed by atoms with Crippen LogP contribution in [0.5, 0.6) is 0 Å². The number of aliphatic imine (C=N–C) groups is 4. The number of amidine groups is 2. The highest BCUT2D eigenvalue weighted by Crippen LogP contribution is 2.17. The zero-order valence-electron chi connectivity index (χ0n) is 8.71. The van der Waals surface area contributed by atoms with Crippen LogP contribution in [0.25, 0.3) is 0 Å². The number of rotatable bonds is 1. The highest BCUT2D eigenvalue weighted by atomic mass is 35.5. The summed E-state index contributed by atoms with van der Waals surface area (Å²) in [6, 6.07) is 7.20. The first-order chi connectivity index (χ1) is 8.33. The van der Waals surface area contributed by atoms with Gasteiger partial charge in [0.15, 0.2) is 11.9 Å². The maximum absolute atomic E-state index is 5.91. The molecule has 1 aromatic rings. The summed E-state index contributed by atoms with van der Waals surface area (Å²) in [4.78, 5) is 16.5. The Bertz CT molecular complexity index is 573. The summed E-state index contributed by atoms with van der Waals surface area (Å²) < 4.78 is 0. The molecule has 0 saturated heterocycles. The molecule has 6 heteroatoms. The van der Waals surface area contributed by atoms with Crippen LogP contribution < -0.4 is 5.32 Å². The van der Waals surface area contributed by atoms with Crippen LogP contribution in [-0.2, 0) is 0 Å². The molecule has 2 aliphatic heterocycles. The van der Waals surface area contributed by atoms with Gasteiger partial charge in [0.1, 0.15) is 18.5 Å². The quantitative estimate of drug-likeness (QED) is 0.808. The van der Waals surface area contributed by atoms with Gasteiger partial charge in [0.25, 0.3) is 0 Å². The summed E-state index contributed by atoms with van der Waals surface area (Å²) in [7, 11) is 0. The van der Waals surface area contributed by atoms with Crippen molar-refractivity contribution in [2.75, 3.05) is 5.32 Å². The summed E-state index contributed by atoms with van der Waals surface area (Å²) in [6.45, 7) is 0. The summed E-state index contributed by atoms with van der Waals surface area (Å²) in [6.07, 6.45) is 2.97. The Labute approximate surface area is 103 Å². The highest BCUT2D eigenvalue weighted by Gasteiger charge is 2.26. The number of fused-ring (bicyclic) bond motifs is 1. The van der Waals surface area contributed by atoms with Crippen molar-refractivity contribution in [3.63, 3.8) is 0 Å². The van der Waals surface area contributed by atoms with E-state index in [1.54, 1.807) is 0 Å². The minimum Gasteiger partial charge on any atom is -0.341 e. The number of anilines is 1. The Hall–Kier alpha value is -2.01. The topological polar surface area (TPSA) is 61.5 Å². The fourth-order valence-corrected chi connectivity index (χ4v) is 1.82. The van der Waals surface area contributed by atoms with Crippen molar-refractivity contribution < 1.29 is 0 Å². The lowest BCUT2D eigenvalue weighted by Crippen LogP contribution is -2.33. The number of nitrogens with one attached hydrogen (secondary N) is 1. The molecule has 0 bridgehead atoms. The summed E-state index contributed by atoms with van der Waals surface area (Å²) in [5.74, 6) is 1.36. The lowest BCUT2D eigenvalue weighted by Gasteiger charge is -2.15. The van der Waals surface area contributed by atoms with E-state index < -0.39 is 0 Å². The van der Waals surface area contributed by atoms with Crippen LogP contribution in [0.1, 0.15) is 0 Å². The van der Waals surface area contributed by atoms with Crippen molar-refractivity contribution in [3.8, 4) is 0 Å². The molecule has 1 N–H and O–H groups in total. The second kappa shape index (κ2) is 4.10. The fraction of sp³-hybridized carbons (Fsp3) is 0.0909. The van der Waals surface area contributed by atoms with Crippen molar-refractivity contribution in [2.24, 2.45) is 20.0 Å². The summed E-state index contributed by atoms with van der Waals surface area (Å²) >= 11 is 5.91. The van der Waals surface area contributed by atoms with Gasteiger partial charge in [-0.2, -0.15) is 0 Å². The van der Waals surface area contributed by atoms with Gasteiger partial charge in [-0.1, -0.05) is 17.7 Å². The van der Waals surface area contributed by atoms with Gasteiger partial charge in [-0.25, -0.2) is 15.0 Å². The van der Waals surface area contributed by atoms with E-state index in [9.17, 15) is 0 Å². The molecule has 0 aromatic heterocycles. The zero-order chi connectivity index (χ0) is 11.7. The van der Waals surface area contributed by atoms with Gasteiger partial charge < -0.3 is 5.32 Å². The van der Waals surface area contributed by atoms with E-state index in [2.05, 4.69) is 25.3 Å². The number of halogens is 1. The first-order valence-electron chi connectivity index (χ1n) is 5.05. The van der Waals surface area contributed by atoms with E-state index in [1.165, 1.54) is 12.7 Å². The Morgan fingerprint density at radius 1 is 1.18 bits per heavy atom. The number of nitrogens with zero attached hydrogens (tertiary/aromatic N) is 4. The Balaban J connectivity index is 1.86. The zero-order valence-corrected chi connectivity index (χ0v) is 9.46. The minimum atomic E-state index is -0.223. The number of benzene rings is 1. The second-order valence-electron chi connectivity index (χ2n) is 3.55. The minimum absolute atomic E-state index is 0.223. The number of hydrogen-bond donors (Lipinski definition) is 1. The molecular weight excluding hydrogens is 238 g/mol. The predicted octanol–water partition coefficient (Wildman–Crippen LogP) is 2.00. The van der Waals surface area contributed by atoms with Crippen LogP contribution in [0.2, 0.25) is 5.02 Å². The molecule has 0 spiro atoms. The maximum Gasteiger partial charge on any atom is 0.169 e. The monoisotopic (exact) mass is 245 g/mol. The SMILES string of the molecule is Clc1cccc(NC2=NC=NC3=NC=N[C@H]32)c1. The van der Waals surface area contributed by atoms with Gasteiger partial charge in [0.2, 0.25) is 0 Å². The molecule has 0 aliphatic carbocycles. The van der Waals surface area contributed by atoms with E-state index in [-0.39, 0.29) is 6.04 Å². The number of hydrogen-bond acceptors (Lipinski definition) is 5. The van der Waals surface area contributed by atoms with Gasteiger partial charge >= 0.3 is 0 Å². The maximum atomic E-state index is 5.91. The van der Waals surface area contributed by atoms with Crippen LogP contribution in [0.15, 0.2) is 44.2 Å². The van der Waals surface area contributed by atoms with E-state index in [4.69, 9.17) is 11.6 Å². The Morgan fingerprint density at radius 2 is 2.12 bits per heavy atom. The molecule has 1 atom stereocenters. The van der Waals surface area contributed by atoms with E-state index in [1.807, 2.05) is 24.3 Å². The normalized spacial score (nSPS) is 20.9. The molecule has 0 amide bonds. The molecule has 17 heavy (non-hydrogen) atoms. The van der Waals surface area contributed by atoms with Crippen LogP contribution in [-0.4, -0.2) is 30.4 Å². The molecule has 0 radical (unpaired) electrons. The highest BCUT2D eigenvalue weighted by molar-refractivity contribution is 6.31. The molecule has 2 heterocycles. The van der Waals surface area contributed by atoms with Crippen LogP contribution in [0, 0.1) is 0 Å². The smallest absolute Gasteiger partial charge is 0.169 e. The Kier molecular flexibility index (Phi) is 2.45. The third kappa shape index (κ3) is 1.97.